The molecule has 0 spiro atoms. The Balaban J connectivity index is 2.13. The SMILES string of the molecule is COCC(Oc1cc[c]cc1)c1ccccc1. The lowest BCUT2D eigenvalue weighted by Gasteiger charge is -2.18. The summed E-state index contributed by atoms with van der Waals surface area (Å²) in [4.78, 5) is 0. The fourth-order valence-corrected chi connectivity index (χ4v) is 1.63. The van der Waals surface area contributed by atoms with E-state index in [9.17, 15) is 0 Å². The Bertz CT molecular complexity index is 425. The lowest BCUT2D eigenvalue weighted by molar-refractivity contribution is 0.0810. The highest BCUT2D eigenvalue weighted by Crippen LogP contribution is 2.21. The van der Waals surface area contributed by atoms with Crippen LogP contribution in [0.25, 0.3) is 0 Å². The molecule has 2 aromatic carbocycles. The minimum absolute atomic E-state index is 0.0800. The maximum Gasteiger partial charge on any atom is 0.147 e. The zero-order chi connectivity index (χ0) is 11.9. The fraction of sp³-hybridized carbons (Fsp3) is 0.200. The van der Waals surface area contributed by atoms with Gasteiger partial charge in [-0.15, -0.1) is 0 Å². The van der Waals surface area contributed by atoms with E-state index in [-0.39, 0.29) is 6.10 Å². The van der Waals surface area contributed by atoms with E-state index in [2.05, 4.69) is 6.07 Å². The van der Waals surface area contributed by atoms with Gasteiger partial charge >= 0.3 is 0 Å². The van der Waals surface area contributed by atoms with Crippen molar-refractivity contribution in [2.24, 2.45) is 0 Å². The molecule has 17 heavy (non-hydrogen) atoms. The summed E-state index contributed by atoms with van der Waals surface area (Å²) in [5, 5.41) is 0. The zero-order valence-electron chi connectivity index (χ0n) is 9.80. The predicted octanol–water partition coefficient (Wildman–Crippen LogP) is 3.25. The number of ether oxygens (including phenoxy) is 2. The van der Waals surface area contributed by atoms with E-state index in [0.29, 0.717) is 6.61 Å². The minimum atomic E-state index is -0.0800. The normalized spacial score (nSPS) is 12.1. The molecule has 87 valence electrons. The van der Waals surface area contributed by atoms with Crippen LogP contribution < -0.4 is 4.74 Å². The Morgan fingerprint density at radius 1 is 1.06 bits per heavy atom. The quantitative estimate of drug-likeness (QED) is 0.780. The van der Waals surface area contributed by atoms with E-state index in [1.807, 2.05) is 54.6 Å². The molecule has 0 bridgehead atoms. The molecule has 0 heterocycles. The highest BCUT2D eigenvalue weighted by atomic mass is 16.5. The molecule has 0 aromatic heterocycles. The lowest BCUT2D eigenvalue weighted by Crippen LogP contribution is -2.13. The van der Waals surface area contributed by atoms with Crippen molar-refractivity contribution in [1.82, 2.24) is 0 Å². The van der Waals surface area contributed by atoms with Gasteiger partial charge in [-0.2, -0.15) is 0 Å². The number of hydrogen-bond donors (Lipinski definition) is 0. The van der Waals surface area contributed by atoms with Crippen LogP contribution >= 0.6 is 0 Å². The Morgan fingerprint density at radius 2 is 1.76 bits per heavy atom. The highest BCUT2D eigenvalue weighted by Gasteiger charge is 2.12. The van der Waals surface area contributed by atoms with Crippen LogP contribution in [0.3, 0.4) is 0 Å². The highest BCUT2D eigenvalue weighted by molar-refractivity contribution is 5.24. The molecule has 2 nitrogen and oxygen atoms in total. The van der Waals surface area contributed by atoms with Gasteiger partial charge in [-0.25, -0.2) is 0 Å². The Labute approximate surface area is 102 Å². The molecule has 2 heteroatoms. The summed E-state index contributed by atoms with van der Waals surface area (Å²) in [6.45, 7) is 0.530. The van der Waals surface area contributed by atoms with Crippen molar-refractivity contribution >= 4 is 0 Å². The molecule has 0 N–H and O–H groups in total. The van der Waals surface area contributed by atoms with Crippen LogP contribution in [0.4, 0.5) is 0 Å². The number of rotatable bonds is 5. The summed E-state index contributed by atoms with van der Waals surface area (Å²) in [5.74, 6) is 0.828. The first-order valence-corrected chi connectivity index (χ1v) is 5.57. The van der Waals surface area contributed by atoms with Gasteiger partial charge in [-0.1, -0.05) is 42.5 Å². The van der Waals surface area contributed by atoms with Crippen molar-refractivity contribution in [2.45, 2.75) is 6.10 Å². The van der Waals surface area contributed by atoms with Crippen LogP contribution in [-0.4, -0.2) is 13.7 Å². The molecular weight excluding hydrogens is 212 g/mol. The average Bonchev–Trinajstić information content (AvgIpc) is 2.40. The molecule has 0 amide bonds. The van der Waals surface area contributed by atoms with Gasteiger partial charge in [0.1, 0.15) is 11.9 Å². The number of hydrogen-bond acceptors (Lipinski definition) is 2. The van der Waals surface area contributed by atoms with E-state index in [4.69, 9.17) is 9.47 Å². The molecule has 1 radical (unpaired) electrons. The number of methoxy groups -OCH3 is 1. The second-order valence-corrected chi connectivity index (χ2v) is 3.71. The molecule has 0 aliphatic heterocycles. The molecule has 0 aliphatic carbocycles. The molecule has 2 aromatic rings. The smallest absolute Gasteiger partial charge is 0.147 e. The first-order chi connectivity index (χ1) is 8.40. The van der Waals surface area contributed by atoms with Gasteiger partial charge in [0, 0.05) is 7.11 Å². The lowest BCUT2D eigenvalue weighted by atomic mass is 10.1. The van der Waals surface area contributed by atoms with E-state index in [1.165, 1.54) is 0 Å². The monoisotopic (exact) mass is 227 g/mol. The first-order valence-electron chi connectivity index (χ1n) is 5.57. The summed E-state index contributed by atoms with van der Waals surface area (Å²) >= 11 is 0. The number of benzene rings is 2. The summed E-state index contributed by atoms with van der Waals surface area (Å²) in [7, 11) is 1.68. The molecule has 2 rings (SSSR count). The summed E-state index contributed by atoms with van der Waals surface area (Å²) in [5.41, 5.74) is 1.11. The summed E-state index contributed by atoms with van der Waals surface area (Å²) < 4.78 is 11.1. The van der Waals surface area contributed by atoms with Gasteiger partial charge in [0.05, 0.1) is 6.61 Å². The molecule has 0 saturated carbocycles. The van der Waals surface area contributed by atoms with Crippen molar-refractivity contribution in [3.05, 3.63) is 66.2 Å². The third-order valence-corrected chi connectivity index (χ3v) is 2.46. The van der Waals surface area contributed by atoms with E-state index >= 15 is 0 Å². The predicted molar refractivity (Wildman–Crippen MR) is 67.0 cm³/mol. The van der Waals surface area contributed by atoms with Crippen molar-refractivity contribution in [1.29, 1.82) is 0 Å². The van der Waals surface area contributed by atoms with Crippen molar-refractivity contribution < 1.29 is 9.47 Å². The van der Waals surface area contributed by atoms with Crippen LogP contribution in [-0.2, 0) is 4.74 Å². The van der Waals surface area contributed by atoms with Gasteiger partial charge in [0.2, 0.25) is 0 Å². The van der Waals surface area contributed by atoms with Crippen LogP contribution in [0.2, 0.25) is 0 Å². The standard InChI is InChI=1S/C15H15O2/c1-16-12-15(13-8-4-2-5-9-13)17-14-10-6-3-7-11-14/h2,4-11,15H,12H2,1H3. The molecule has 0 aliphatic rings. The van der Waals surface area contributed by atoms with E-state index in [1.54, 1.807) is 7.11 Å². The third-order valence-electron chi connectivity index (χ3n) is 2.46. The largest absolute Gasteiger partial charge is 0.483 e. The Morgan fingerprint density at radius 3 is 2.41 bits per heavy atom. The van der Waals surface area contributed by atoms with Crippen LogP contribution in [0, 0.1) is 6.07 Å². The van der Waals surface area contributed by atoms with Gasteiger partial charge in [0.25, 0.3) is 0 Å². The second kappa shape index (κ2) is 6.06. The van der Waals surface area contributed by atoms with Gasteiger partial charge in [-0.05, 0) is 23.8 Å². The fourth-order valence-electron chi connectivity index (χ4n) is 1.63. The summed E-state index contributed by atoms with van der Waals surface area (Å²) in [6, 6.07) is 20.5. The van der Waals surface area contributed by atoms with Crippen molar-refractivity contribution in [3.63, 3.8) is 0 Å². The van der Waals surface area contributed by atoms with E-state index < -0.39 is 0 Å². The minimum Gasteiger partial charge on any atom is -0.483 e. The maximum absolute atomic E-state index is 5.90. The zero-order valence-corrected chi connectivity index (χ0v) is 9.80. The van der Waals surface area contributed by atoms with Crippen molar-refractivity contribution in [2.75, 3.05) is 13.7 Å². The summed E-state index contributed by atoms with van der Waals surface area (Å²) in [6.07, 6.45) is -0.0800. The molecular formula is C15H15O2. The molecule has 1 atom stereocenters. The van der Waals surface area contributed by atoms with Crippen LogP contribution in [0.5, 0.6) is 5.75 Å². The molecule has 0 fully saturated rings. The Hall–Kier alpha value is -1.80. The van der Waals surface area contributed by atoms with Gasteiger partial charge in [-0.3, -0.25) is 0 Å². The topological polar surface area (TPSA) is 18.5 Å². The maximum atomic E-state index is 5.90. The average molecular weight is 227 g/mol. The second-order valence-electron chi connectivity index (χ2n) is 3.71. The van der Waals surface area contributed by atoms with E-state index in [0.717, 1.165) is 11.3 Å². The van der Waals surface area contributed by atoms with Crippen LogP contribution in [0.15, 0.2) is 54.6 Å². The van der Waals surface area contributed by atoms with Crippen LogP contribution in [0.1, 0.15) is 11.7 Å². The first kappa shape index (κ1) is 11.7. The molecule has 0 saturated heterocycles. The van der Waals surface area contributed by atoms with Gasteiger partial charge < -0.3 is 9.47 Å². The van der Waals surface area contributed by atoms with Crippen molar-refractivity contribution in [3.8, 4) is 5.75 Å². The Kier molecular flexibility index (Phi) is 4.17. The molecule has 1 unspecified atom stereocenters. The third kappa shape index (κ3) is 3.33. The van der Waals surface area contributed by atoms with Gasteiger partial charge in [0.15, 0.2) is 0 Å².